The van der Waals surface area contributed by atoms with Crippen molar-refractivity contribution < 1.29 is 17.6 Å². The molecule has 2 heterocycles. The third-order valence-corrected chi connectivity index (χ3v) is 8.48. The minimum atomic E-state index is -3.72. The van der Waals surface area contributed by atoms with Gasteiger partial charge in [-0.3, -0.25) is 4.79 Å². The van der Waals surface area contributed by atoms with Crippen LogP contribution in [-0.2, 0) is 10.0 Å². The van der Waals surface area contributed by atoms with Crippen molar-refractivity contribution in [2.45, 2.75) is 11.8 Å². The molecule has 3 aromatic carbocycles. The average Bonchev–Trinajstić information content (AvgIpc) is 3.39. The normalized spacial score (nSPS) is 14.7. The summed E-state index contributed by atoms with van der Waals surface area (Å²) in [4.78, 5) is 14.8. The Hall–Kier alpha value is -3.53. The van der Waals surface area contributed by atoms with E-state index >= 15 is 0 Å². The SMILES string of the molecule is Cc1ccc(-c2nnc(-c3ccc(C(=O)N4CCN(S(=O)(=O)c5ccccc5Cl)CC4)cc3)o2)cc1. The number of carbonyl (C=O) groups excluding carboxylic acids is 1. The summed E-state index contributed by atoms with van der Waals surface area (Å²) in [6.45, 7) is 2.97. The second-order valence-corrected chi connectivity index (χ2v) is 10.8. The monoisotopic (exact) mass is 522 g/mol. The Morgan fingerprint density at radius 2 is 1.39 bits per heavy atom. The fraction of sp³-hybridized carbons (Fsp3) is 0.192. The number of hydrogen-bond acceptors (Lipinski definition) is 6. The molecule has 1 aliphatic rings. The summed E-state index contributed by atoms with van der Waals surface area (Å²) < 4.78 is 33.1. The highest BCUT2D eigenvalue weighted by atomic mass is 35.5. The van der Waals surface area contributed by atoms with Gasteiger partial charge in [0.15, 0.2) is 0 Å². The van der Waals surface area contributed by atoms with E-state index in [-0.39, 0.29) is 42.0 Å². The number of halogens is 1. The number of benzene rings is 3. The van der Waals surface area contributed by atoms with Gasteiger partial charge in [0.05, 0.1) is 5.02 Å². The Morgan fingerprint density at radius 3 is 1.97 bits per heavy atom. The lowest BCUT2D eigenvalue weighted by Gasteiger charge is -2.34. The van der Waals surface area contributed by atoms with Crippen LogP contribution in [0.15, 0.2) is 82.1 Å². The van der Waals surface area contributed by atoms with Gasteiger partial charge in [-0.05, 0) is 55.5 Å². The number of nitrogens with zero attached hydrogens (tertiary/aromatic N) is 4. The molecule has 1 fully saturated rings. The van der Waals surface area contributed by atoms with Crippen LogP contribution in [0.3, 0.4) is 0 Å². The highest BCUT2D eigenvalue weighted by Gasteiger charge is 2.31. The Morgan fingerprint density at radius 1 is 0.833 bits per heavy atom. The predicted octanol–water partition coefficient (Wildman–Crippen LogP) is 4.51. The van der Waals surface area contributed by atoms with E-state index in [1.165, 1.54) is 10.4 Å². The Bertz CT molecular complexity index is 1490. The summed E-state index contributed by atoms with van der Waals surface area (Å²) in [5, 5.41) is 8.44. The van der Waals surface area contributed by atoms with Gasteiger partial charge in [-0.2, -0.15) is 4.31 Å². The summed E-state index contributed by atoms with van der Waals surface area (Å²) in [6.07, 6.45) is 0. The van der Waals surface area contributed by atoms with E-state index in [2.05, 4.69) is 10.2 Å². The van der Waals surface area contributed by atoms with Crippen LogP contribution in [0.25, 0.3) is 22.9 Å². The van der Waals surface area contributed by atoms with Crippen LogP contribution in [0.2, 0.25) is 5.02 Å². The van der Waals surface area contributed by atoms with Gasteiger partial charge in [-0.25, -0.2) is 8.42 Å². The van der Waals surface area contributed by atoms with Crippen molar-refractivity contribution in [3.63, 3.8) is 0 Å². The molecule has 1 saturated heterocycles. The largest absolute Gasteiger partial charge is 0.416 e. The van der Waals surface area contributed by atoms with Gasteiger partial charge < -0.3 is 9.32 Å². The average molecular weight is 523 g/mol. The number of hydrogen-bond donors (Lipinski definition) is 0. The zero-order chi connectivity index (χ0) is 25.3. The molecule has 10 heteroatoms. The summed E-state index contributed by atoms with van der Waals surface area (Å²) in [5.74, 6) is 0.625. The van der Waals surface area contributed by atoms with Gasteiger partial charge in [0.25, 0.3) is 5.91 Å². The van der Waals surface area contributed by atoms with Crippen molar-refractivity contribution in [3.05, 3.63) is 88.9 Å². The first-order chi connectivity index (χ1) is 17.3. The minimum Gasteiger partial charge on any atom is -0.416 e. The summed E-state index contributed by atoms with van der Waals surface area (Å²) in [5.41, 5.74) is 3.18. The molecule has 0 spiro atoms. The zero-order valence-corrected chi connectivity index (χ0v) is 21.0. The first kappa shape index (κ1) is 24.2. The van der Waals surface area contributed by atoms with E-state index in [1.807, 2.05) is 31.2 Å². The van der Waals surface area contributed by atoms with E-state index in [1.54, 1.807) is 47.4 Å². The maximum Gasteiger partial charge on any atom is 0.253 e. The van der Waals surface area contributed by atoms with E-state index in [0.29, 0.717) is 22.9 Å². The molecule has 184 valence electrons. The minimum absolute atomic E-state index is 0.0774. The summed E-state index contributed by atoms with van der Waals surface area (Å²) >= 11 is 6.10. The van der Waals surface area contributed by atoms with Crippen LogP contribution < -0.4 is 0 Å². The molecule has 0 N–H and O–H groups in total. The fourth-order valence-corrected chi connectivity index (χ4v) is 5.93. The smallest absolute Gasteiger partial charge is 0.253 e. The number of aromatic nitrogens is 2. The lowest BCUT2D eigenvalue weighted by atomic mass is 10.1. The number of piperazine rings is 1. The van der Waals surface area contributed by atoms with Crippen molar-refractivity contribution in [2.75, 3.05) is 26.2 Å². The maximum atomic E-state index is 13.0. The third-order valence-electron chi connectivity index (χ3n) is 6.08. The molecule has 1 amide bonds. The van der Waals surface area contributed by atoms with Crippen LogP contribution in [-0.4, -0.2) is 59.9 Å². The lowest BCUT2D eigenvalue weighted by molar-refractivity contribution is 0.0698. The van der Waals surface area contributed by atoms with Gasteiger partial charge in [0.2, 0.25) is 21.8 Å². The molecule has 8 nitrogen and oxygen atoms in total. The second kappa shape index (κ2) is 9.85. The van der Waals surface area contributed by atoms with Crippen LogP contribution in [0.4, 0.5) is 0 Å². The van der Waals surface area contributed by atoms with E-state index in [9.17, 15) is 13.2 Å². The van der Waals surface area contributed by atoms with Crippen molar-refractivity contribution in [3.8, 4) is 22.9 Å². The quantitative estimate of drug-likeness (QED) is 0.382. The molecule has 0 radical (unpaired) electrons. The molecule has 1 aromatic heterocycles. The maximum absolute atomic E-state index is 13.0. The number of rotatable bonds is 5. The molecule has 5 rings (SSSR count). The molecule has 0 bridgehead atoms. The predicted molar refractivity (Wildman–Crippen MR) is 136 cm³/mol. The number of amides is 1. The van der Waals surface area contributed by atoms with E-state index in [4.69, 9.17) is 16.0 Å². The van der Waals surface area contributed by atoms with E-state index in [0.717, 1.165) is 11.1 Å². The molecule has 0 atom stereocenters. The molecular formula is C26H23ClN4O4S. The first-order valence-corrected chi connectivity index (χ1v) is 13.2. The van der Waals surface area contributed by atoms with Gasteiger partial charge in [-0.1, -0.05) is 41.4 Å². The van der Waals surface area contributed by atoms with Crippen LogP contribution in [0.1, 0.15) is 15.9 Å². The Labute approximate surface area is 214 Å². The summed E-state index contributed by atoms with van der Waals surface area (Å²) in [6, 6.07) is 21.1. The van der Waals surface area contributed by atoms with Crippen LogP contribution in [0.5, 0.6) is 0 Å². The zero-order valence-electron chi connectivity index (χ0n) is 19.5. The lowest BCUT2D eigenvalue weighted by Crippen LogP contribution is -2.50. The van der Waals surface area contributed by atoms with Gasteiger partial charge in [0, 0.05) is 42.9 Å². The van der Waals surface area contributed by atoms with Crippen molar-refractivity contribution in [2.24, 2.45) is 0 Å². The van der Waals surface area contributed by atoms with Crippen molar-refractivity contribution >= 4 is 27.5 Å². The molecule has 1 aliphatic heterocycles. The van der Waals surface area contributed by atoms with Gasteiger partial charge >= 0.3 is 0 Å². The van der Waals surface area contributed by atoms with E-state index < -0.39 is 10.0 Å². The highest BCUT2D eigenvalue weighted by Crippen LogP contribution is 2.27. The number of sulfonamides is 1. The third kappa shape index (κ3) is 4.77. The molecule has 36 heavy (non-hydrogen) atoms. The molecule has 0 unspecified atom stereocenters. The molecular weight excluding hydrogens is 500 g/mol. The van der Waals surface area contributed by atoms with Gasteiger partial charge in [-0.15, -0.1) is 10.2 Å². The number of carbonyl (C=O) groups is 1. The standard InChI is InChI=1S/C26H23ClN4O4S/c1-18-6-8-19(9-7-18)24-28-29-25(35-24)20-10-12-21(13-11-20)26(32)30-14-16-31(17-15-30)36(33,34)23-5-3-2-4-22(23)27/h2-13H,14-17H2,1H3. The van der Waals surface area contributed by atoms with Crippen LogP contribution in [0, 0.1) is 6.92 Å². The first-order valence-electron chi connectivity index (χ1n) is 11.4. The van der Waals surface area contributed by atoms with Crippen molar-refractivity contribution in [1.82, 2.24) is 19.4 Å². The highest BCUT2D eigenvalue weighted by molar-refractivity contribution is 7.89. The second-order valence-electron chi connectivity index (χ2n) is 8.48. The Kier molecular flexibility index (Phi) is 6.61. The molecule has 0 aliphatic carbocycles. The molecule has 0 saturated carbocycles. The fourth-order valence-electron chi connectivity index (χ4n) is 4.02. The van der Waals surface area contributed by atoms with Crippen molar-refractivity contribution in [1.29, 1.82) is 0 Å². The summed E-state index contributed by atoms with van der Waals surface area (Å²) in [7, 11) is -3.72. The Balaban J connectivity index is 1.24. The van der Waals surface area contributed by atoms with Gasteiger partial charge in [0.1, 0.15) is 4.90 Å². The molecule has 4 aromatic rings. The topological polar surface area (TPSA) is 96.6 Å². The van der Waals surface area contributed by atoms with Crippen LogP contribution >= 0.6 is 11.6 Å². The number of aryl methyl sites for hydroxylation is 1.